The molecule has 0 saturated heterocycles. The molecule has 0 bridgehead atoms. The van der Waals surface area contributed by atoms with E-state index in [1.807, 2.05) is 47.2 Å². The van der Waals surface area contributed by atoms with Crippen LogP contribution in [0.15, 0.2) is 58.2 Å². The highest BCUT2D eigenvalue weighted by atomic mass is 35.5. The van der Waals surface area contributed by atoms with Crippen molar-refractivity contribution in [3.05, 3.63) is 89.7 Å². The van der Waals surface area contributed by atoms with E-state index < -0.39 is 6.04 Å². The number of thiophene rings is 1. The summed E-state index contributed by atoms with van der Waals surface area (Å²) in [7, 11) is 0. The van der Waals surface area contributed by atoms with Crippen LogP contribution < -0.4 is 0 Å². The Morgan fingerprint density at radius 1 is 1.18 bits per heavy atom. The number of rotatable bonds is 2. The molecule has 172 valence electrons. The van der Waals surface area contributed by atoms with Gasteiger partial charge in [-0.05, 0) is 51.0 Å². The number of aromatic nitrogens is 1. The van der Waals surface area contributed by atoms with Crippen molar-refractivity contribution in [1.29, 1.82) is 0 Å². The third-order valence-electron chi connectivity index (χ3n) is 6.16. The molecule has 4 heterocycles. The summed E-state index contributed by atoms with van der Waals surface area (Å²) >= 11 is 9.65. The highest BCUT2D eigenvalue weighted by Crippen LogP contribution is 2.44. The van der Waals surface area contributed by atoms with E-state index in [1.165, 1.54) is 26.5 Å². The van der Waals surface area contributed by atoms with Gasteiger partial charge < -0.3 is 4.74 Å². The fourth-order valence-corrected chi connectivity index (χ4v) is 6.24. The van der Waals surface area contributed by atoms with Gasteiger partial charge in [-0.2, -0.15) is 0 Å². The van der Waals surface area contributed by atoms with Gasteiger partial charge in [-0.1, -0.05) is 41.7 Å². The van der Waals surface area contributed by atoms with Crippen LogP contribution in [-0.2, 0) is 11.2 Å². The molecule has 2 aliphatic heterocycles. The first-order chi connectivity index (χ1) is 16.4. The van der Waals surface area contributed by atoms with Crippen molar-refractivity contribution in [2.45, 2.75) is 52.7 Å². The Balaban J connectivity index is 1.74. The van der Waals surface area contributed by atoms with Crippen LogP contribution in [0, 0.1) is 25.7 Å². The monoisotopic (exact) mass is 504 g/mol. The van der Waals surface area contributed by atoms with Crippen LogP contribution >= 0.6 is 34.3 Å². The van der Waals surface area contributed by atoms with Gasteiger partial charge in [0.2, 0.25) is 0 Å². The average Bonchev–Trinajstić information content (AvgIpc) is 3.36. The zero-order valence-corrected chi connectivity index (χ0v) is 22.0. The largest absolute Gasteiger partial charge is 0.491 e. The molecule has 0 saturated carbocycles. The van der Waals surface area contributed by atoms with Crippen LogP contribution in [0.5, 0.6) is 0 Å². The lowest BCUT2D eigenvalue weighted by Gasteiger charge is -2.19. The van der Waals surface area contributed by atoms with E-state index in [1.54, 1.807) is 11.3 Å². The first-order valence-corrected chi connectivity index (χ1v) is 13.4. The second-order valence-corrected chi connectivity index (χ2v) is 11.2. The molecule has 2 aromatic heterocycles. The van der Waals surface area contributed by atoms with Crippen molar-refractivity contribution in [2.75, 3.05) is 0 Å². The Labute approximate surface area is 213 Å². The van der Waals surface area contributed by atoms with Crippen LogP contribution in [0.25, 0.3) is 5.57 Å². The highest BCUT2D eigenvalue weighted by molar-refractivity contribution is 7.13. The molecule has 0 aliphatic carbocycles. The van der Waals surface area contributed by atoms with Gasteiger partial charge in [0, 0.05) is 49.5 Å². The lowest BCUT2D eigenvalue weighted by molar-refractivity contribution is 0.130. The Bertz CT molecular complexity index is 1380. The van der Waals surface area contributed by atoms with Crippen LogP contribution in [0.2, 0.25) is 5.02 Å². The van der Waals surface area contributed by atoms with Gasteiger partial charge in [-0.15, -0.1) is 22.7 Å². The minimum absolute atomic E-state index is 0.0589. The van der Waals surface area contributed by atoms with E-state index in [0.717, 1.165) is 34.0 Å². The average molecular weight is 505 g/mol. The maximum Gasteiger partial charge on any atom is 0.168 e. The normalized spacial score (nSPS) is 19.6. The van der Waals surface area contributed by atoms with Crippen molar-refractivity contribution in [2.24, 2.45) is 4.99 Å². The van der Waals surface area contributed by atoms with Crippen molar-refractivity contribution in [3.8, 4) is 11.8 Å². The first-order valence-electron chi connectivity index (χ1n) is 11.3. The third-order valence-corrected chi connectivity index (χ3v) is 8.42. The number of aliphatic imine (C=N–C) groups is 1. The van der Waals surface area contributed by atoms with E-state index in [0.29, 0.717) is 11.4 Å². The molecular formula is C28H25ClN2OS2. The number of benzene rings is 1. The number of aryl methyl sites for hydroxylation is 1. The predicted octanol–water partition coefficient (Wildman–Crippen LogP) is 7.41. The molecule has 0 spiro atoms. The van der Waals surface area contributed by atoms with Gasteiger partial charge in [0.15, 0.2) is 6.04 Å². The summed E-state index contributed by atoms with van der Waals surface area (Å²) in [5.41, 5.74) is 6.77. The van der Waals surface area contributed by atoms with Crippen LogP contribution in [0.1, 0.15) is 51.7 Å². The maximum atomic E-state index is 6.57. The topological polar surface area (TPSA) is 34.5 Å². The first kappa shape index (κ1) is 23.1. The quantitative estimate of drug-likeness (QED) is 0.340. The number of halogens is 1. The Kier molecular flexibility index (Phi) is 6.48. The second-order valence-electron chi connectivity index (χ2n) is 8.59. The van der Waals surface area contributed by atoms with E-state index in [9.17, 15) is 0 Å². The van der Waals surface area contributed by atoms with Gasteiger partial charge in [0.05, 0.1) is 18.2 Å². The zero-order chi connectivity index (χ0) is 23.8. The number of hydrogen-bond donors (Lipinski definition) is 0. The fourth-order valence-electron chi connectivity index (χ4n) is 4.28. The number of thiazole rings is 1. The molecule has 2 aliphatic rings. The fraction of sp³-hybridized carbons (Fsp3) is 0.286. The summed E-state index contributed by atoms with van der Waals surface area (Å²) < 4.78 is 6.57. The van der Waals surface area contributed by atoms with Crippen molar-refractivity contribution >= 4 is 45.6 Å². The molecule has 5 rings (SSSR count). The Morgan fingerprint density at radius 3 is 2.71 bits per heavy atom. The molecule has 6 heteroatoms. The molecule has 1 aromatic carbocycles. The van der Waals surface area contributed by atoms with Crippen molar-refractivity contribution in [1.82, 2.24) is 4.98 Å². The van der Waals surface area contributed by atoms with E-state index >= 15 is 0 Å². The molecule has 3 aromatic rings. The summed E-state index contributed by atoms with van der Waals surface area (Å²) in [5, 5.41) is 3.70. The molecule has 0 radical (unpaired) electrons. The molecule has 0 fully saturated rings. The smallest absolute Gasteiger partial charge is 0.168 e. The van der Waals surface area contributed by atoms with Gasteiger partial charge in [0.25, 0.3) is 0 Å². The molecule has 2 unspecified atom stereocenters. The molecule has 34 heavy (non-hydrogen) atoms. The van der Waals surface area contributed by atoms with Crippen molar-refractivity contribution in [3.63, 3.8) is 0 Å². The number of fused-ring (bicyclic) bond motifs is 2. The number of allylic oxidation sites excluding steroid dienone is 2. The number of hydrogen-bond acceptors (Lipinski definition) is 5. The lowest BCUT2D eigenvalue weighted by atomic mass is 9.94. The van der Waals surface area contributed by atoms with Crippen LogP contribution in [-0.4, -0.2) is 22.8 Å². The minimum atomic E-state index is -0.399. The molecular weight excluding hydrogens is 480 g/mol. The van der Waals surface area contributed by atoms with E-state index in [4.69, 9.17) is 21.3 Å². The van der Waals surface area contributed by atoms with Gasteiger partial charge in [-0.25, -0.2) is 4.98 Å². The van der Waals surface area contributed by atoms with Crippen LogP contribution in [0.4, 0.5) is 0 Å². The zero-order valence-electron chi connectivity index (χ0n) is 19.6. The van der Waals surface area contributed by atoms with Gasteiger partial charge in [-0.3, -0.25) is 4.99 Å². The SMILES string of the molecule is CC1=CCC(C)OC2=C1c1sc(C)c(C)c1C(c1ccc(Cl)cc1)=NC2C#CCc1nccs1. The summed E-state index contributed by atoms with van der Waals surface area (Å²) in [6.07, 6.45) is 5.63. The van der Waals surface area contributed by atoms with E-state index in [2.05, 4.69) is 50.6 Å². The minimum Gasteiger partial charge on any atom is -0.491 e. The lowest BCUT2D eigenvalue weighted by Crippen LogP contribution is -2.17. The summed E-state index contributed by atoms with van der Waals surface area (Å²) in [4.78, 5) is 12.2. The highest BCUT2D eigenvalue weighted by Gasteiger charge is 2.33. The summed E-state index contributed by atoms with van der Waals surface area (Å²) in [5.74, 6) is 7.63. The van der Waals surface area contributed by atoms with Gasteiger partial charge in [0.1, 0.15) is 10.8 Å². The molecule has 2 atom stereocenters. The maximum absolute atomic E-state index is 6.57. The molecule has 3 nitrogen and oxygen atoms in total. The Hall–Kier alpha value is -2.65. The number of ether oxygens (including phenoxy) is 1. The number of nitrogens with zero attached hydrogens (tertiary/aromatic N) is 2. The van der Waals surface area contributed by atoms with Crippen LogP contribution in [0.3, 0.4) is 0 Å². The molecule has 0 N–H and O–H groups in total. The summed E-state index contributed by atoms with van der Waals surface area (Å²) in [6.45, 7) is 8.65. The van der Waals surface area contributed by atoms with E-state index in [-0.39, 0.29) is 6.10 Å². The van der Waals surface area contributed by atoms with Gasteiger partial charge >= 0.3 is 0 Å². The predicted molar refractivity (Wildman–Crippen MR) is 144 cm³/mol. The Morgan fingerprint density at radius 2 is 1.97 bits per heavy atom. The summed E-state index contributed by atoms with van der Waals surface area (Å²) in [6, 6.07) is 7.53. The second kappa shape index (κ2) is 9.54. The molecule has 0 amide bonds. The standard InChI is InChI=1S/C28H25ClN2OS2/c1-16-8-9-17(2)32-27-22(6-5-7-23-30-14-15-33-23)31-26(20-10-12-21(29)13-11-20)25-18(3)19(4)34-28(25)24(16)27/h8,10-15,17,22H,7,9H2,1-4H3. The third kappa shape index (κ3) is 4.38. The van der Waals surface area contributed by atoms with Crippen molar-refractivity contribution < 1.29 is 4.74 Å².